The Morgan fingerprint density at radius 2 is 1.50 bits per heavy atom. The lowest BCUT2D eigenvalue weighted by Crippen LogP contribution is -2.43. The molecule has 0 aromatic heterocycles. The van der Waals surface area contributed by atoms with Gasteiger partial charge in [0.25, 0.3) is 0 Å². The van der Waals surface area contributed by atoms with E-state index in [-0.39, 0.29) is 0 Å². The highest BCUT2D eigenvalue weighted by molar-refractivity contribution is 4.96. The van der Waals surface area contributed by atoms with E-state index in [2.05, 4.69) is 26.1 Å². The molecule has 0 amide bonds. The van der Waals surface area contributed by atoms with E-state index in [1.54, 1.807) is 0 Å². The number of fused-ring (bicyclic) bond motifs is 2. The molecular formula is C11H21N. The molecule has 1 nitrogen and oxygen atoms in total. The standard InChI is InChI=1S/C11H21N/c1-11(2,3)10-8-4-5-9(10)7-12-6-8/h8-10,12H,4-7H2,1-3H3. The highest BCUT2D eigenvalue weighted by Gasteiger charge is 2.44. The fourth-order valence-corrected chi connectivity index (χ4v) is 3.50. The van der Waals surface area contributed by atoms with Crippen LogP contribution in [0.5, 0.6) is 0 Å². The van der Waals surface area contributed by atoms with Crippen LogP contribution in [0.1, 0.15) is 33.6 Å². The van der Waals surface area contributed by atoms with Gasteiger partial charge in [-0.25, -0.2) is 0 Å². The minimum absolute atomic E-state index is 0.536. The summed E-state index contributed by atoms with van der Waals surface area (Å²) in [4.78, 5) is 0. The fraction of sp³-hybridized carbons (Fsp3) is 1.00. The van der Waals surface area contributed by atoms with Crippen LogP contribution in [0, 0.1) is 23.2 Å². The summed E-state index contributed by atoms with van der Waals surface area (Å²) in [5, 5.41) is 3.55. The first-order valence-corrected chi connectivity index (χ1v) is 5.30. The van der Waals surface area contributed by atoms with Crippen molar-refractivity contribution in [3.05, 3.63) is 0 Å². The van der Waals surface area contributed by atoms with Crippen LogP contribution in [0.25, 0.3) is 0 Å². The van der Waals surface area contributed by atoms with Crippen LogP contribution >= 0.6 is 0 Å². The van der Waals surface area contributed by atoms with Gasteiger partial charge in [-0.05, 0) is 49.1 Å². The van der Waals surface area contributed by atoms with Crippen molar-refractivity contribution in [1.82, 2.24) is 5.32 Å². The Hall–Kier alpha value is -0.0400. The zero-order valence-electron chi connectivity index (χ0n) is 8.56. The van der Waals surface area contributed by atoms with Crippen LogP contribution in [0.3, 0.4) is 0 Å². The molecule has 1 aliphatic heterocycles. The molecule has 12 heavy (non-hydrogen) atoms. The van der Waals surface area contributed by atoms with Gasteiger partial charge < -0.3 is 5.32 Å². The minimum atomic E-state index is 0.536. The number of rotatable bonds is 0. The summed E-state index contributed by atoms with van der Waals surface area (Å²) >= 11 is 0. The average molecular weight is 167 g/mol. The Morgan fingerprint density at radius 1 is 1.00 bits per heavy atom. The molecule has 2 rings (SSSR count). The maximum atomic E-state index is 3.55. The van der Waals surface area contributed by atoms with Crippen molar-refractivity contribution in [3.8, 4) is 0 Å². The Bertz CT molecular complexity index is 152. The molecular weight excluding hydrogens is 146 g/mol. The SMILES string of the molecule is CC(C)(C)C1C2CCC1CNC2. The van der Waals surface area contributed by atoms with Crippen LogP contribution in [-0.2, 0) is 0 Å². The second-order valence-electron chi connectivity index (χ2n) is 5.65. The van der Waals surface area contributed by atoms with Crippen LogP contribution in [0.4, 0.5) is 0 Å². The predicted octanol–water partition coefficient (Wildman–Crippen LogP) is 2.28. The summed E-state index contributed by atoms with van der Waals surface area (Å²) in [5.74, 6) is 2.94. The molecule has 2 bridgehead atoms. The summed E-state index contributed by atoms with van der Waals surface area (Å²) in [7, 11) is 0. The Balaban J connectivity index is 2.15. The third-order valence-corrected chi connectivity index (χ3v) is 3.74. The lowest BCUT2D eigenvalue weighted by atomic mass is 9.69. The second kappa shape index (κ2) is 2.73. The first-order chi connectivity index (χ1) is 5.59. The number of nitrogens with one attached hydrogen (secondary N) is 1. The van der Waals surface area contributed by atoms with Crippen molar-refractivity contribution in [2.45, 2.75) is 33.6 Å². The Morgan fingerprint density at radius 3 is 1.83 bits per heavy atom. The maximum Gasteiger partial charge on any atom is -0.00174 e. The zero-order chi connectivity index (χ0) is 8.77. The fourth-order valence-electron chi connectivity index (χ4n) is 3.50. The van der Waals surface area contributed by atoms with Gasteiger partial charge in [0, 0.05) is 0 Å². The van der Waals surface area contributed by atoms with Gasteiger partial charge in [-0.2, -0.15) is 0 Å². The van der Waals surface area contributed by atoms with Gasteiger partial charge in [-0.3, -0.25) is 0 Å². The molecule has 1 saturated carbocycles. The number of piperidine rings is 1. The highest BCUT2D eigenvalue weighted by atomic mass is 14.9. The van der Waals surface area contributed by atoms with Crippen molar-refractivity contribution < 1.29 is 0 Å². The molecule has 2 aliphatic rings. The van der Waals surface area contributed by atoms with Gasteiger partial charge >= 0.3 is 0 Å². The van der Waals surface area contributed by atoms with E-state index < -0.39 is 0 Å². The van der Waals surface area contributed by atoms with Gasteiger partial charge in [0.05, 0.1) is 0 Å². The van der Waals surface area contributed by atoms with E-state index in [0.717, 1.165) is 17.8 Å². The molecule has 2 unspecified atom stereocenters. The number of hydrogen-bond acceptors (Lipinski definition) is 1. The molecule has 0 aromatic rings. The first-order valence-electron chi connectivity index (χ1n) is 5.30. The van der Waals surface area contributed by atoms with E-state index in [1.165, 1.54) is 25.9 Å². The molecule has 1 saturated heterocycles. The van der Waals surface area contributed by atoms with Gasteiger partial charge in [0.1, 0.15) is 0 Å². The normalized spacial score (nSPS) is 41.8. The van der Waals surface area contributed by atoms with Crippen molar-refractivity contribution in [2.75, 3.05) is 13.1 Å². The van der Waals surface area contributed by atoms with Crippen LogP contribution in [-0.4, -0.2) is 13.1 Å². The first kappa shape index (κ1) is 8.55. The Labute approximate surface area is 75.9 Å². The third kappa shape index (κ3) is 1.28. The Kier molecular flexibility index (Phi) is 1.95. The van der Waals surface area contributed by atoms with Gasteiger partial charge in [-0.15, -0.1) is 0 Å². The number of hydrogen-bond donors (Lipinski definition) is 1. The van der Waals surface area contributed by atoms with E-state index in [0.29, 0.717) is 5.41 Å². The molecule has 1 heteroatoms. The smallest absolute Gasteiger partial charge is 0.00174 e. The molecule has 1 aliphatic carbocycles. The average Bonchev–Trinajstić information content (AvgIpc) is 2.23. The summed E-state index contributed by atoms with van der Waals surface area (Å²) in [5.41, 5.74) is 0.536. The summed E-state index contributed by atoms with van der Waals surface area (Å²) < 4.78 is 0. The quantitative estimate of drug-likeness (QED) is 0.583. The van der Waals surface area contributed by atoms with Crippen LogP contribution in [0.15, 0.2) is 0 Å². The molecule has 0 spiro atoms. The predicted molar refractivity (Wildman–Crippen MR) is 52.0 cm³/mol. The van der Waals surface area contributed by atoms with Gasteiger partial charge in [0.2, 0.25) is 0 Å². The van der Waals surface area contributed by atoms with Crippen molar-refractivity contribution in [1.29, 1.82) is 0 Å². The summed E-state index contributed by atoms with van der Waals surface area (Å²) in [6.07, 6.45) is 2.94. The summed E-state index contributed by atoms with van der Waals surface area (Å²) in [6, 6.07) is 0. The van der Waals surface area contributed by atoms with Crippen LogP contribution in [0.2, 0.25) is 0 Å². The monoisotopic (exact) mass is 167 g/mol. The highest BCUT2D eigenvalue weighted by Crippen LogP contribution is 2.48. The molecule has 2 atom stereocenters. The zero-order valence-corrected chi connectivity index (χ0v) is 8.56. The minimum Gasteiger partial charge on any atom is -0.316 e. The molecule has 0 aromatic carbocycles. The topological polar surface area (TPSA) is 12.0 Å². The molecule has 0 radical (unpaired) electrons. The molecule has 70 valence electrons. The van der Waals surface area contributed by atoms with E-state index in [1.807, 2.05) is 0 Å². The van der Waals surface area contributed by atoms with E-state index >= 15 is 0 Å². The molecule has 1 heterocycles. The molecule has 2 fully saturated rings. The summed E-state index contributed by atoms with van der Waals surface area (Å²) in [6.45, 7) is 9.79. The van der Waals surface area contributed by atoms with Crippen molar-refractivity contribution in [2.24, 2.45) is 23.2 Å². The lowest BCUT2D eigenvalue weighted by Gasteiger charge is -2.40. The van der Waals surface area contributed by atoms with E-state index in [9.17, 15) is 0 Å². The van der Waals surface area contributed by atoms with E-state index in [4.69, 9.17) is 0 Å². The third-order valence-electron chi connectivity index (χ3n) is 3.74. The van der Waals surface area contributed by atoms with Crippen molar-refractivity contribution in [3.63, 3.8) is 0 Å². The lowest BCUT2D eigenvalue weighted by molar-refractivity contribution is 0.109. The second-order valence-corrected chi connectivity index (χ2v) is 5.65. The van der Waals surface area contributed by atoms with Crippen LogP contribution < -0.4 is 5.32 Å². The molecule has 1 N–H and O–H groups in total. The van der Waals surface area contributed by atoms with Crippen molar-refractivity contribution >= 4 is 0 Å². The van der Waals surface area contributed by atoms with Gasteiger partial charge in [0.15, 0.2) is 0 Å². The van der Waals surface area contributed by atoms with Gasteiger partial charge in [-0.1, -0.05) is 20.8 Å². The largest absolute Gasteiger partial charge is 0.316 e. The maximum absolute atomic E-state index is 3.55.